The minimum atomic E-state index is -0.863. The summed E-state index contributed by atoms with van der Waals surface area (Å²) < 4.78 is 21.6. The van der Waals surface area contributed by atoms with Crippen molar-refractivity contribution < 1.29 is 28.5 Å². The van der Waals surface area contributed by atoms with Crippen LogP contribution in [0.4, 0.5) is 0 Å². The molecular formula is C22H24O6. The van der Waals surface area contributed by atoms with E-state index in [-0.39, 0.29) is 18.7 Å². The molecular weight excluding hydrogens is 360 g/mol. The van der Waals surface area contributed by atoms with E-state index in [1.165, 1.54) is 0 Å². The molecule has 28 heavy (non-hydrogen) atoms. The number of methoxy groups -OCH3 is 1. The lowest BCUT2D eigenvalue weighted by Crippen LogP contribution is -2.30. The third kappa shape index (κ3) is 4.89. The molecule has 148 valence electrons. The van der Waals surface area contributed by atoms with Crippen molar-refractivity contribution in [2.24, 2.45) is 5.41 Å². The van der Waals surface area contributed by atoms with Crippen LogP contribution < -0.4 is 4.74 Å². The molecule has 0 saturated carbocycles. The van der Waals surface area contributed by atoms with Gasteiger partial charge in [-0.05, 0) is 36.8 Å². The molecule has 2 aromatic carbocycles. The molecule has 3 rings (SSSR count). The van der Waals surface area contributed by atoms with Gasteiger partial charge in [-0.25, -0.2) is 4.79 Å². The molecule has 0 aromatic heterocycles. The second-order valence-corrected chi connectivity index (χ2v) is 7.10. The Hall–Kier alpha value is -2.86. The van der Waals surface area contributed by atoms with E-state index in [9.17, 15) is 9.59 Å². The minimum absolute atomic E-state index is 0.0193. The van der Waals surface area contributed by atoms with E-state index in [1.54, 1.807) is 38.3 Å². The lowest BCUT2D eigenvalue weighted by atomic mass is 9.88. The molecule has 1 fully saturated rings. The number of hydrogen-bond donors (Lipinski definition) is 0. The lowest BCUT2D eigenvalue weighted by molar-refractivity contribution is -0.151. The Bertz CT molecular complexity index is 802. The van der Waals surface area contributed by atoms with Gasteiger partial charge in [0.15, 0.2) is 0 Å². The predicted octanol–water partition coefficient (Wildman–Crippen LogP) is 3.39. The molecule has 0 radical (unpaired) electrons. The van der Waals surface area contributed by atoms with Crippen LogP contribution in [0.1, 0.15) is 29.3 Å². The fourth-order valence-corrected chi connectivity index (χ4v) is 3.04. The first kappa shape index (κ1) is 19.9. The van der Waals surface area contributed by atoms with E-state index in [0.29, 0.717) is 25.2 Å². The van der Waals surface area contributed by atoms with Crippen molar-refractivity contribution in [3.63, 3.8) is 0 Å². The zero-order chi connectivity index (χ0) is 20.0. The molecule has 2 atom stereocenters. The van der Waals surface area contributed by atoms with Gasteiger partial charge in [-0.15, -0.1) is 0 Å². The van der Waals surface area contributed by atoms with Gasteiger partial charge in [-0.3, -0.25) is 4.79 Å². The van der Waals surface area contributed by atoms with Crippen LogP contribution in [0.5, 0.6) is 5.75 Å². The van der Waals surface area contributed by atoms with Crippen LogP contribution in [0.2, 0.25) is 0 Å². The summed E-state index contributed by atoms with van der Waals surface area (Å²) in [5.41, 5.74) is 0.597. The number of hydrogen-bond acceptors (Lipinski definition) is 6. The van der Waals surface area contributed by atoms with Crippen molar-refractivity contribution in [3.05, 3.63) is 65.7 Å². The van der Waals surface area contributed by atoms with Gasteiger partial charge in [0.25, 0.3) is 0 Å². The van der Waals surface area contributed by atoms with Crippen molar-refractivity contribution in [3.8, 4) is 5.75 Å². The number of esters is 2. The van der Waals surface area contributed by atoms with Crippen LogP contribution in [-0.2, 0) is 25.6 Å². The van der Waals surface area contributed by atoms with E-state index < -0.39 is 11.4 Å². The Morgan fingerprint density at radius 1 is 1.14 bits per heavy atom. The summed E-state index contributed by atoms with van der Waals surface area (Å²) in [6.45, 7) is 2.43. The molecule has 1 aliphatic rings. The summed E-state index contributed by atoms with van der Waals surface area (Å²) in [7, 11) is 1.62. The molecule has 0 spiro atoms. The Morgan fingerprint density at radius 2 is 1.86 bits per heavy atom. The maximum atomic E-state index is 12.3. The van der Waals surface area contributed by atoms with E-state index >= 15 is 0 Å². The number of ether oxygens (including phenoxy) is 4. The van der Waals surface area contributed by atoms with Crippen molar-refractivity contribution in [1.82, 2.24) is 0 Å². The molecule has 0 amide bonds. The average Bonchev–Trinajstić information content (AvgIpc) is 3.01. The van der Waals surface area contributed by atoms with Crippen molar-refractivity contribution >= 4 is 11.9 Å². The lowest BCUT2D eigenvalue weighted by Gasteiger charge is -2.18. The average molecular weight is 384 g/mol. The fraction of sp³-hybridized carbons (Fsp3) is 0.364. The number of benzene rings is 2. The second-order valence-electron chi connectivity index (χ2n) is 7.10. The van der Waals surface area contributed by atoms with Gasteiger partial charge < -0.3 is 18.9 Å². The molecule has 1 aliphatic heterocycles. The Kier molecular flexibility index (Phi) is 6.31. The van der Waals surface area contributed by atoms with E-state index in [2.05, 4.69) is 0 Å². The number of cyclic esters (lactones) is 1. The highest BCUT2D eigenvalue weighted by Gasteiger charge is 2.46. The molecule has 0 bridgehead atoms. The largest absolute Gasteiger partial charge is 0.497 e. The number of carbonyl (C=O) groups excluding carboxylic acids is 2. The highest BCUT2D eigenvalue weighted by atomic mass is 16.6. The van der Waals surface area contributed by atoms with Gasteiger partial charge in [0.2, 0.25) is 0 Å². The molecule has 6 nitrogen and oxygen atoms in total. The van der Waals surface area contributed by atoms with E-state index in [0.717, 1.165) is 11.3 Å². The predicted molar refractivity (Wildman–Crippen MR) is 102 cm³/mol. The molecule has 1 saturated heterocycles. The van der Waals surface area contributed by atoms with Gasteiger partial charge in [0.05, 0.1) is 25.9 Å². The monoisotopic (exact) mass is 384 g/mol. The summed E-state index contributed by atoms with van der Waals surface area (Å²) in [4.78, 5) is 24.4. The first-order chi connectivity index (χ1) is 13.5. The Labute approximate surface area is 164 Å². The normalized spacial score (nSPS) is 21.2. The zero-order valence-electron chi connectivity index (χ0n) is 16.1. The molecule has 0 unspecified atom stereocenters. The smallest absolute Gasteiger partial charge is 0.338 e. The summed E-state index contributed by atoms with van der Waals surface area (Å²) in [6.07, 6.45) is 0.0856. The minimum Gasteiger partial charge on any atom is -0.497 e. The SMILES string of the molecule is COc1ccc(COC[C@@H]2C[C@@](C)(COC(=O)c3ccccc3)C(=O)O2)cc1. The van der Waals surface area contributed by atoms with Crippen LogP contribution >= 0.6 is 0 Å². The second kappa shape index (κ2) is 8.89. The van der Waals surface area contributed by atoms with Crippen molar-refractivity contribution in [1.29, 1.82) is 0 Å². The Balaban J connectivity index is 1.46. The van der Waals surface area contributed by atoms with Gasteiger partial charge in [-0.2, -0.15) is 0 Å². The summed E-state index contributed by atoms with van der Waals surface area (Å²) in [6, 6.07) is 16.3. The molecule has 6 heteroatoms. The van der Waals surface area contributed by atoms with E-state index in [4.69, 9.17) is 18.9 Å². The van der Waals surface area contributed by atoms with Crippen LogP contribution in [0.15, 0.2) is 54.6 Å². The van der Waals surface area contributed by atoms with Crippen LogP contribution in [0.25, 0.3) is 0 Å². The quantitative estimate of drug-likeness (QED) is 0.650. The van der Waals surface area contributed by atoms with Crippen LogP contribution in [0.3, 0.4) is 0 Å². The third-order valence-electron chi connectivity index (χ3n) is 4.71. The maximum absolute atomic E-state index is 12.3. The van der Waals surface area contributed by atoms with Gasteiger partial charge in [0, 0.05) is 6.42 Å². The highest BCUT2D eigenvalue weighted by molar-refractivity contribution is 5.89. The third-order valence-corrected chi connectivity index (χ3v) is 4.71. The van der Waals surface area contributed by atoms with Crippen LogP contribution in [-0.4, -0.2) is 38.4 Å². The zero-order valence-corrected chi connectivity index (χ0v) is 16.1. The van der Waals surface area contributed by atoms with Gasteiger partial charge in [-0.1, -0.05) is 30.3 Å². The topological polar surface area (TPSA) is 71.1 Å². The molecule has 1 heterocycles. The summed E-state index contributed by atoms with van der Waals surface area (Å²) in [5, 5.41) is 0. The van der Waals surface area contributed by atoms with Gasteiger partial charge >= 0.3 is 11.9 Å². The first-order valence-corrected chi connectivity index (χ1v) is 9.14. The maximum Gasteiger partial charge on any atom is 0.338 e. The van der Waals surface area contributed by atoms with Crippen molar-refractivity contribution in [2.45, 2.75) is 26.1 Å². The Morgan fingerprint density at radius 3 is 2.54 bits per heavy atom. The fourth-order valence-electron chi connectivity index (χ4n) is 3.04. The van der Waals surface area contributed by atoms with Crippen LogP contribution in [0, 0.1) is 5.41 Å². The standard InChI is InChI=1S/C22H24O6/c1-22(15-27-20(23)17-6-4-3-5-7-17)12-19(28-21(22)24)14-26-13-16-8-10-18(25-2)11-9-16/h3-11,19H,12-15H2,1-2H3/t19-,22-/m0/s1. The summed E-state index contributed by atoms with van der Waals surface area (Å²) >= 11 is 0. The number of carbonyl (C=O) groups is 2. The summed E-state index contributed by atoms with van der Waals surface area (Å²) in [5.74, 6) is -0.0328. The van der Waals surface area contributed by atoms with Gasteiger partial charge in [0.1, 0.15) is 23.9 Å². The highest BCUT2D eigenvalue weighted by Crippen LogP contribution is 2.34. The number of rotatable bonds is 8. The molecule has 0 N–H and O–H groups in total. The van der Waals surface area contributed by atoms with E-state index in [1.807, 2.05) is 30.3 Å². The molecule has 0 aliphatic carbocycles. The van der Waals surface area contributed by atoms with Crippen molar-refractivity contribution in [2.75, 3.05) is 20.3 Å². The first-order valence-electron chi connectivity index (χ1n) is 9.14. The molecule has 2 aromatic rings.